The van der Waals surface area contributed by atoms with Gasteiger partial charge < -0.3 is 24.0 Å². The lowest BCUT2D eigenvalue weighted by atomic mass is 10.0. The molecule has 200 valence electrons. The molecule has 3 aromatic carbocycles. The average molecular weight is 515 g/mol. The van der Waals surface area contributed by atoms with E-state index in [1.54, 1.807) is 7.11 Å². The Labute approximate surface area is 226 Å². The molecule has 1 saturated heterocycles. The number of carbonyl (C=O) groups excluding carboxylic acids is 1. The van der Waals surface area contributed by atoms with Gasteiger partial charge in [0, 0.05) is 31.4 Å². The zero-order valence-corrected chi connectivity index (χ0v) is 22.3. The van der Waals surface area contributed by atoms with Gasteiger partial charge in [0.1, 0.15) is 6.61 Å². The van der Waals surface area contributed by atoms with Crippen LogP contribution in [0.15, 0.2) is 78.9 Å². The lowest BCUT2D eigenvalue weighted by Crippen LogP contribution is -2.57. The predicted octanol–water partition coefficient (Wildman–Crippen LogP) is 5.49. The van der Waals surface area contributed by atoms with E-state index in [1.807, 2.05) is 47.4 Å². The number of rotatable bonds is 10. The van der Waals surface area contributed by atoms with E-state index in [-0.39, 0.29) is 24.7 Å². The summed E-state index contributed by atoms with van der Waals surface area (Å²) in [6.45, 7) is 2.67. The summed E-state index contributed by atoms with van der Waals surface area (Å²) in [5, 5.41) is 0. The van der Waals surface area contributed by atoms with Gasteiger partial charge in [0.25, 0.3) is 0 Å². The first-order valence-corrected chi connectivity index (χ1v) is 13.7. The number of piperazine rings is 1. The van der Waals surface area contributed by atoms with Gasteiger partial charge in [0.2, 0.25) is 5.91 Å². The third kappa shape index (κ3) is 6.67. The van der Waals surface area contributed by atoms with Crippen molar-refractivity contribution in [2.75, 3.05) is 38.3 Å². The fraction of sp³-hybridized carbons (Fsp3) is 0.406. The summed E-state index contributed by atoms with van der Waals surface area (Å²) in [5.74, 6) is 1.62. The fourth-order valence-electron chi connectivity index (χ4n) is 5.53. The Morgan fingerprint density at radius 3 is 2.29 bits per heavy atom. The van der Waals surface area contributed by atoms with Crippen LogP contribution in [0, 0.1) is 0 Å². The quantitative estimate of drug-likeness (QED) is 0.358. The third-order valence-electron chi connectivity index (χ3n) is 7.56. The molecule has 1 atom stereocenters. The minimum Gasteiger partial charge on any atom is -0.493 e. The van der Waals surface area contributed by atoms with E-state index in [0.717, 1.165) is 55.1 Å². The molecule has 0 radical (unpaired) electrons. The summed E-state index contributed by atoms with van der Waals surface area (Å²) in [4.78, 5) is 17.7. The molecule has 1 aliphatic carbocycles. The maximum atomic E-state index is 13.3. The van der Waals surface area contributed by atoms with Gasteiger partial charge in [-0.1, -0.05) is 60.7 Å². The molecule has 0 bridgehead atoms. The van der Waals surface area contributed by atoms with Crippen molar-refractivity contribution in [3.05, 3.63) is 90.0 Å². The van der Waals surface area contributed by atoms with Crippen molar-refractivity contribution < 1.29 is 19.0 Å². The standard InChI is InChI=1S/C32H38N2O4/c1-36-30-17-16-27(21-31(30)38-29-14-8-9-15-29)33-18-19-34(28(22-33)20-25-10-4-2-5-11-25)32(35)24-37-23-26-12-6-3-7-13-26/h2-7,10-13,16-17,21,28-29H,8-9,14-15,18-20,22-24H2,1H3. The van der Waals surface area contributed by atoms with Crippen LogP contribution in [0.3, 0.4) is 0 Å². The predicted molar refractivity (Wildman–Crippen MR) is 150 cm³/mol. The minimum absolute atomic E-state index is 0.0419. The second-order valence-corrected chi connectivity index (χ2v) is 10.2. The van der Waals surface area contributed by atoms with E-state index >= 15 is 0 Å². The summed E-state index contributed by atoms with van der Waals surface area (Å²) in [7, 11) is 1.69. The highest BCUT2D eigenvalue weighted by Crippen LogP contribution is 2.35. The van der Waals surface area contributed by atoms with Gasteiger partial charge in [-0.2, -0.15) is 0 Å². The smallest absolute Gasteiger partial charge is 0.248 e. The summed E-state index contributed by atoms with van der Waals surface area (Å²) < 4.78 is 17.8. The summed E-state index contributed by atoms with van der Waals surface area (Å²) in [6, 6.07) is 26.6. The first kappa shape index (κ1) is 26.1. The monoisotopic (exact) mass is 514 g/mol. The van der Waals surface area contributed by atoms with E-state index in [9.17, 15) is 4.79 Å². The molecule has 1 unspecified atom stereocenters. The second-order valence-electron chi connectivity index (χ2n) is 10.2. The Balaban J connectivity index is 1.29. The van der Waals surface area contributed by atoms with Crippen molar-refractivity contribution in [2.24, 2.45) is 0 Å². The second kappa shape index (κ2) is 12.8. The van der Waals surface area contributed by atoms with Gasteiger partial charge in [-0.25, -0.2) is 0 Å². The normalized spacial score (nSPS) is 18.0. The van der Waals surface area contributed by atoms with Crippen molar-refractivity contribution in [2.45, 2.75) is 50.9 Å². The van der Waals surface area contributed by atoms with Crippen LogP contribution in [0.25, 0.3) is 0 Å². The van der Waals surface area contributed by atoms with Gasteiger partial charge in [0.05, 0.1) is 25.9 Å². The SMILES string of the molecule is COc1ccc(N2CCN(C(=O)COCc3ccccc3)C(Cc3ccccc3)C2)cc1OC1CCCC1. The largest absolute Gasteiger partial charge is 0.493 e. The summed E-state index contributed by atoms with van der Waals surface area (Å²) in [6.07, 6.45) is 5.69. The number of nitrogens with zero attached hydrogens (tertiary/aromatic N) is 2. The zero-order chi connectivity index (χ0) is 26.2. The van der Waals surface area contributed by atoms with E-state index in [4.69, 9.17) is 14.2 Å². The Bertz CT molecular complexity index is 1160. The number of amides is 1. The van der Waals surface area contributed by atoms with Crippen LogP contribution in [0.2, 0.25) is 0 Å². The average Bonchev–Trinajstić information content (AvgIpc) is 3.47. The molecular formula is C32H38N2O4. The van der Waals surface area contributed by atoms with Gasteiger partial charge in [0.15, 0.2) is 11.5 Å². The Morgan fingerprint density at radius 2 is 1.58 bits per heavy atom. The lowest BCUT2D eigenvalue weighted by molar-refractivity contribution is -0.139. The Kier molecular flexibility index (Phi) is 8.82. The fourth-order valence-corrected chi connectivity index (χ4v) is 5.53. The van der Waals surface area contributed by atoms with E-state index in [0.29, 0.717) is 13.2 Å². The highest BCUT2D eigenvalue weighted by molar-refractivity contribution is 5.78. The molecule has 5 rings (SSSR count). The van der Waals surface area contributed by atoms with Crippen LogP contribution in [-0.2, 0) is 22.6 Å². The van der Waals surface area contributed by atoms with Crippen molar-refractivity contribution >= 4 is 11.6 Å². The molecule has 0 N–H and O–H groups in total. The lowest BCUT2D eigenvalue weighted by Gasteiger charge is -2.42. The molecular weight excluding hydrogens is 476 g/mol. The number of ether oxygens (including phenoxy) is 3. The Morgan fingerprint density at radius 1 is 0.868 bits per heavy atom. The summed E-state index contributed by atoms with van der Waals surface area (Å²) in [5.41, 5.74) is 3.40. The van der Waals surface area contributed by atoms with E-state index in [2.05, 4.69) is 41.3 Å². The van der Waals surface area contributed by atoms with Crippen LogP contribution in [0.4, 0.5) is 5.69 Å². The van der Waals surface area contributed by atoms with Crippen molar-refractivity contribution in [3.8, 4) is 11.5 Å². The number of carbonyl (C=O) groups is 1. The maximum absolute atomic E-state index is 13.3. The molecule has 1 amide bonds. The van der Waals surface area contributed by atoms with Gasteiger partial charge in [-0.05, 0) is 55.4 Å². The number of benzene rings is 3. The van der Waals surface area contributed by atoms with E-state index in [1.165, 1.54) is 18.4 Å². The molecule has 0 aromatic heterocycles. The highest BCUT2D eigenvalue weighted by atomic mass is 16.5. The molecule has 38 heavy (non-hydrogen) atoms. The van der Waals surface area contributed by atoms with Gasteiger partial charge in [-0.3, -0.25) is 4.79 Å². The van der Waals surface area contributed by atoms with Crippen LogP contribution in [0.5, 0.6) is 11.5 Å². The first-order valence-electron chi connectivity index (χ1n) is 13.7. The molecule has 3 aromatic rings. The minimum atomic E-state index is 0.0419. The van der Waals surface area contributed by atoms with Crippen LogP contribution < -0.4 is 14.4 Å². The number of methoxy groups -OCH3 is 1. The number of anilines is 1. The molecule has 1 saturated carbocycles. The third-order valence-corrected chi connectivity index (χ3v) is 7.56. The molecule has 1 aliphatic heterocycles. The number of hydrogen-bond donors (Lipinski definition) is 0. The molecule has 1 heterocycles. The van der Waals surface area contributed by atoms with Crippen LogP contribution >= 0.6 is 0 Å². The van der Waals surface area contributed by atoms with Gasteiger partial charge >= 0.3 is 0 Å². The molecule has 0 spiro atoms. The Hall–Kier alpha value is -3.51. The highest BCUT2D eigenvalue weighted by Gasteiger charge is 2.31. The molecule has 6 nitrogen and oxygen atoms in total. The summed E-state index contributed by atoms with van der Waals surface area (Å²) >= 11 is 0. The molecule has 6 heteroatoms. The van der Waals surface area contributed by atoms with Crippen molar-refractivity contribution in [1.82, 2.24) is 4.90 Å². The van der Waals surface area contributed by atoms with Crippen molar-refractivity contribution in [1.29, 1.82) is 0 Å². The first-order chi connectivity index (χ1) is 18.7. The maximum Gasteiger partial charge on any atom is 0.248 e. The zero-order valence-electron chi connectivity index (χ0n) is 22.3. The van der Waals surface area contributed by atoms with Crippen molar-refractivity contribution in [3.63, 3.8) is 0 Å². The number of hydrogen-bond acceptors (Lipinski definition) is 5. The van der Waals surface area contributed by atoms with Crippen LogP contribution in [0.1, 0.15) is 36.8 Å². The van der Waals surface area contributed by atoms with E-state index < -0.39 is 0 Å². The topological polar surface area (TPSA) is 51.2 Å². The molecule has 2 fully saturated rings. The van der Waals surface area contributed by atoms with Gasteiger partial charge in [-0.15, -0.1) is 0 Å². The molecule has 2 aliphatic rings. The van der Waals surface area contributed by atoms with Crippen LogP contribution in [-0.4, -0.2) is 56.3 Å².